The van der Waals surface area contributed by atoms with Crippen molar-refractivity contribution in [3.8, 4) is 0 Å². The first-order valence-corrected chi connectivity index (χ1v) is 14.3. The average molecular weight is 590 g/mol. The number of anilines is 1. The van der Waals surface area contributed by atoms with E-state index in [4.69, 9.17) is 9.47 Å². The lowest BCUT2D eigenvalue weighted by Gasteiger charge is -2.38. The molecule has 1 aromatic carbocycles. The molecule has 0 atom stereocenters. The summed E-state index contributed by atoms with van der Waals surface area (Å²) >= 11 is 3.46. The third kappa shape index (κ3) is 7.25. The summed E-state index contributed by atoms with van der Waals surface area (Å²) in [4.78, 5) is 30.2. The van der Waals surface area contributed by atoms with Gasteiger partial charge >= 0.3 is 12.2 Å². The topological polar surface area (TPSA) is 99.7 Å². The van der Waals surface area contributed by atoms with Gasteiger partial charge in [0, 0.05) is 56.8 Å². The molecule has 10 nitrogen and oxygen atoms in total. The number of carbonyl (C=O) groups excluding carboxylic acids is 2. The van der Waals surface area contributed by atoms with Crippen molar-refractivity contribution in [2.45, 2.75) is 57.6 Å². The molecule has 12 heteroatoms. The number of hydrogen-bond acceptors (Lipinski definition) is 7. The summed E-state index contributed by atoms with van der Waals surface area (Å²) in [5.74, 6) is 0. The van der Waals surface area contributed by atoms with Crippen molar-refractivity contribution in [3.63, 3.8) is 0 Å². The fourth-order valence-corrected chi connectivity index (χ4v) is 5.95. The van der Waals surface area contributed by atoms with Crippen molar-refractivity contribution in [1.29, 1.82) is 0 Å². The Hall–Kier alpha value is -2.05. The summed E-state index contributed by atoms with van der Waals surface area (Å²) in [6.07, 6.45) is -0.807. The number of rotatable bonds is 3. The van der Waals surface area contributed by atoms with E-state index in [2.05, 4.69) is 15.9 Å². The highest BCUT2D eigenvalue weighted by Crippen LogP contribution is 2.32. The van der Waals surface area contributed by atoms with Gasteiger partial charge in [-0.15, -0.1) is 0 Å². The van der Waals surface area contributed by atoms with Gasteiger partial charge in [0.15, 0.2) is 0 Å². The molecule has 0 saturated carbocycles. The Labute approximate surface area is 222 Å². The number of hydrogen-bond donors (Lipinski definition) is 0. The maximum atomic E-state index is 13.7. The molecule has 2 saturated heterocycles. The third-order valence-electron chi connectivity index (χ3n) is 5.70. The van der Waals surface area contributed by atoms with E-state index in [1.54, 1.807) is 43.9 Å². The molecule has 0 aromatic heterocycles. The predicted molar refractivity (Wildman–Crippen MR) is 141 cm³/mol. The van der Waals surface area contributed by atoms with Gasteiger partial charge in [0.1, 0.15) is 16.1 Å². The van der Waals surface area contributed by atoms with E-state index in [-0.39, 0.29) is 37.2 Å². The van der Waals surface area contributed by atoms with Crippen LogP contribution in [0.5, 0.6) is 0 Å². The van der Waals surface area contributed by atoms with Gasteiger partial charge in [-0.3, -0.25) is 0 Å². The van der Waals surface area contributed by atoms with Gasteiger partial charge in [-0.2, -0.15) is 4.31 Å². The van der Waals surface area contributed by atoms with E-state index < -0.39 is 27.3 Å². The molecule has 2 fully saturated rings. The van der Waals surface area contributed by atoms with Crippen LogP contribution in [0.4, 0.5) is 15.3 Å². The quantitative estimate of drug-likeness (QED) is 0.530. The first-order chi connectivity index (χ1) is 16.6. The number of sulfonamides is 1. The van der Waals surface area contributed by atoms with Crippen molar-refractivity contribution in [2.24, 2.45) is 0 Å². The van der Waals surface area contributed by atoms with Crippen LogP contribution in [0.1, 0.15) is 41.5 Å². The summed E-state index contributed by atoms with van der Waals surface area (Å²) in [6.45, 7) is 13.6. The zero-order valence-corrected chi connectivity index (χ0v) is 24.3. The first-order valence-electron chi connectivity index (χ1n) is 12.1. The van der Waals surface area contributed by atoms with Crippen LogP contribution in [-0.2, 0) is 19.5 Å². The molecule has 0 bridgehead atoms. The lowest BCUT2D eigenvalue weighted by Crippen LogP contribution is -2.52. The second-order valence-corrected chi connectivity index (χ2v) is 13.8. The molecule has 0 radical (unpaired) electrons. The molecular formula is C24H37BrN4O6S. The molecule has 2 amide bonds. The highest BCUT2D eigenvalue weighted by molar-refractivity contribution is 9.10. The van der Waals surface area contributed by atoms with Crippen LogP contribution >= 0.6 is 15.9 Å². The summed E-state index contributed by atoms with van der Waals surface area (Å²) in [5, 5.41) is 0. The minimum absolute atomic E-state index is 0.184. The van der Waals surface area contributed by atoms with Crippen LogP contribution in [0.3, 0.4) is 0 Å². The lowest BCUT2D eigenvalue weighted by atomic mass is 10.2. The molecular weight excluding hydrogens is 552 g/mol. The summed E-state index contributed by atoms with van der Waals surface area (Å²) < 4.78 is 40.4. The molecule has 3 rings (SSSR count). The maximum Gasteiger partial charge on any atom is 0.410 e. The second-order valence-electron chi connectivity index (χ2n) is 10.9. The van der Waals surface area contributed by atoms with E-state index in [0.717, 1.165) is 4.47 Å². The van der Waals surface area contributed by atoms with Gasteiger partial charge in [0.25, 0.3) is 0 Å². The van der Waals surface area contributed by atoms with Crippen LogP contribution < -0.4 is 4.90 Å². The van der Waals surface area contributed by atoms with Gasteiger partial charge in [-0.1, -0.05) is 15.9 Å². The minimum Gasteiger partial charge on any atom is -0.444 e. The second kappa shape index (κ2) is 10.7. The Morgan fingerprint density at radius 1 is 0.778 bits per heavy atom. The summed E-state index contributed by atoms with van der Waals surface area (Å²) in [7, 11) is -3.81. The van der Waals surface area contributed by atoms with Crippen molar-refractivity contribution >= 4 is 43.8 Å². The monoisotopic (exact) mass is 588 g/mol. The Balaban J connectivity index is 1.71. The molecule has 2 aliphatic heterocycles. The van der Waals surface area contributed by atoms with E-state index in [0.29, 0.717) is 31.9 Å². The molecule has 1 aromatic rings. The molecule has 202 valence electrons. The van der Waals surface area contributed by atoms with Crippen LogP contribution in [0, 0.1) is 0 Å². The fourth-order valence-electron chi connectivity index (χ4n) is 3.99. The largest absolute Gasteiger partial charge is 0.444 e. The Morgan fingerprint density at radius 3 is 1.67 bits per heavy atom. The zero-order chi connectivity index (χ0) is 26.9. The Morgan fingerprint density at radius 2 is 1.22 bits per heavy atom. The van der Waals surface area contributed by atoms with Crippen molar-refractivity contribution in [1.82, 2.24) is 14.1 Å². The summed E-state index contributed by atoms with van der Waals surface area (Å²) in [5.41, 5.74) is -0.601. The minimum atomic E-state index is -3.81. The number of carbonyl (C=O) groups is 2. The zero-order valence-electron chi connectivity index (χ0n) is 21.9. The van der Waals surface area contributed by atoms with E-state index in [9.17, 15) is 18.0 Å². The normalized spacial score (nSPS) is 18.2. The van der Waals surface area contributed by atoms with Crippen LogP contribution in [0.25, 0.3) is 0 Å². The highest BCUT2D eigenvalue weighted by atomic mass is 79.9. The Kier molecular flexibility index (Phi) is 8.51. The van der Waals surface area contributed by atoms with E-state index >= 15 is 0 Å². The van der Waals surface area contributed by atoms with Crippen molar-refractivity contribution in [2.75, 3.05) is 57.3 Å². The number of benzene rings is 1. The van der Waals surface area contributed by atoms with Crippen molar-refractivity contribution < 1.29 is 27.5 Å². The van der Waals surface area contributed by atoms with Crippen molar-refractivity contribution in [3.05, 3.63) is 22.7 Å². The van der Waals surface area contributed by atoms with Crippen LogP contribution in [0.2, 0.25) is 0 Å². The summed E-state index contributed by atoms with van der Waals surface area (Å²) in [6, 6.07) is 5.12. The molecule has 36 heavy (non-hydrogen) atoms. The maximum absolute atomic E-state index is 13.7. The van der Waals surface area contributed by atoms with Gasteiger partial charge in [-0.05, 0) is 59.7 Å². The van der Waals surface area contributed by atoms with Gasteiger partial charge in [-0.25, -0.2) is 18.0 Å². The molecule has 2 aliphatic rings. The van der Waals surface area contributed by atoms with E-state index in [1.165, 1.54) is 9.21 Å². The highest BCUT2D eigenvalue weighted by Gasteiger charge is 2.35. The third-order valence-corrected chi connectivity index (χ3v) is 8.14. The number of amides is 2. The molecule has 0 N–H and O–H groups in total. The fraction of sp³-hybridized carbons (Fsp3) is 0.667. The predicted octanol–water partition coefficient (Wildman–Crippen LogP) is 3.75. The molecule has 0 unspecified atom stereocenters. The number of ether oxygens (including phenoxy) is 2. The number of piperazine rings is 2. The van der Waals surface area contributed by atoms with Crippen LogP contribution in [0.15, 0.2) is 27.6 Å². The molecule has 0 spiro atoms. The SMILES string of the molecule is CC(C)(C)OC(=O)N1CCN(c2cc(Br)ccc2S(=O)(=O)N2CCN(C(=O)OC(C)(C)C)CC2)CC1. The van der Waals surface area contributed by atoms with Crippen LogP contribution in [-0.4, -0.2) is 98.3 Å². The first kappa shape index (κ1) is 28.5. The average Bonchev–Trinajstić information content (AvgIpc) is 2.77. The number of halogens is 1. The number of nitrogens with zero attached hydrogens (tertiary/aromatic N) is 4. The Bertz CT molecular complexity index is 1070. The smallest absolute Gasteiger partial charge is 0.410 e. The van der Waals surface area contributed by atoms with E-state index in [1.807, 2.05) is 25.7 Å². The lowest BCUT2D eigenvalue weighted by molar-refractivity contribution is 0.0191. The standard InChI is InChI=1S/C24H37BrN4O6S/c1-23(2,3)34-21(30)27-11-9-26(10-12-27)19-17-18(25)7-8-20(19)36(32,33)29-15-13-28(14-16-29)22(31)35-24(4,5)6/h7-8,17H,9-16H2,1-6H3. The van der Waals surface area contributed by atoms with Gasteiger partial charge < -0.3 is 24.2 Å². The molecule has 0 aliphatic carbocycles. The molecule has 2 heterocycles. The van der Waals surface area contributed by atoms with Gasteiger partial charge in [0.05, 0.1) is 5.69 Å². The van der Waals surface area contributed by atoms with Gasteiger partial charge in [0.2, 0.25) is 10.0 Å².